The number of benzene rings is 2. The molecule has 0 atom stereocenters. The van der Waals surface area contributed by atoms with Crippen molar-refractivity contribution in [2.24, 2.45) is 0 Å². The van der Waals surface area contributed by atoms with Gasteiger partial charge in [0.25, 0.3) is 0 Å². The highest BCUT2D eigenvalue weighted by atomic mass is 16.6. The summed E-state index contributed by atoms with van der Waals surface area (Å²) in [4.78, 5) is 24.3. The summed E-state index contributed by atoms with van der Waals surface area (Å²) in [7, 11) is 1.55. The van der Waals surface area contributed by atoms with E-state index >= 15 is 0 Å². The SMILES string of the molecule is COc1ccc(C2=C(c3ccc4nonc4c3)C(=O)OC2=O)cc1. The van der Waals surface area contributed by atoms with Crippen molar-refractivity contribution in [3.8, 4) is 5.75 Å². The van der Waals surface area contributed by atoms with Crippen LogP contribution in [0.3, 0.4) is 0 Å². The molecule has 0 unspecified atom stereocenters. The lowest BCUT2D eigenvalue weighted by atomic mass is 9.96. The number of rotatable bonds is 3. The van der Waals surface area contributed by atoms with Crippen LogP contribution in [0.1, 0.15) is 11.1 Å². The molecule has 7 nitrogen and oxygen atoms in total. The Morgan fingerprint density at radius 3 is 2.17 bits per heavy atom. The Hall–Kier alpha value is -3.48. The van der Waals surface area contributed by atoms with E-state index in [4.69, 9.17) is 9.47 Å². The molecule has 7 heteroatoms. The first kappa shape index (κ1) is 14.1. The molecule has 1 aliphatic heterocycles. The number of hydrogen-bond acceptors (Lipinski definition) is 7. The fraction of sp³-hybridized carbons (Fsp3) is 0.0588. The van der Waals surface area contributed by atoms with Gasteiger partial charge in [-0.05, 0) is 45.7 Å². The number of nitrogens with zero attached hydrogens (tertiary/aromatic N) is 2. The maximum Gasteiger partial charge on any atom is 0.347 e. The van der Waals surface area contributed by atoms with Crippen molar-refractivity contribution < 1.29 is 23.7 Å². The van der Waals surface area contributed by atoms with Crippen LogP contribution < -0.4 is 4.74 Å². The molecule has 0 saturated carbocycles. The Labute approximate surface area is 135 Å². The van der Waals surface area contributed by atoms with Crippen LogP contribution in [0.5, 0.6) is 5.75 Å². The molecular formula is C17H10N2O5. The second-order valence-electron chi connectivity index (χ2n) is 5.12. The number of esters is 2. The van der Waals surface area contributed by atoms with Crippen LogP contribution in [0.4, 0.5) is 0 Å². The highest BCUT2D eigenvalue weighted by molar-refractivity contribution is 6.44. The van der Waals surface area contributed by atoms with Crippen LogP contribution >= 0.6 is 0 Å². The number of methoxy groups -OCH3 is 1. The standard InChI is InChI=1S/C17H10N2O5/c1-22-11-5-2-9(3-6-11)14-15(17(21)23-16(14)20)10-4-7-12-13(8-10)19-24-18-12/h2-8H,1H3. The van der Waals surface area contributed by atoms with Crippen molar-refractivity contribution in [1.29, 1.82) is 0 Å². The topological polar surface area (TPSA) is 91.5 Å². The van der Waals surface area contributed by atoms with Crippen LogP contribution in [0.25, 0.3) is 22.2 Å². The number of carbonyl (C=O) groups excluding carboxylic acids is 2. The Kier molecular flexibility index (Phi) is 3.13. The van der Waals surface area contributed by atoms with E-state index in [9.17, 15) is 9.59 Å². The van der Waals surface area contributed by atoms with Gasteiger partial charge in [0, 0.05) is 0 Å². The summed E-state index contributed by atoms with van der Waals surface area (Å²) in [6.07, 6.45) is 0. The maximum absolute atomic E-state index is 12.2. The van der Waals surface area contributed by atoms with Crippen molar-refractivity contribution in [3.05, 3.63) is 53.6 Å². The summed E-state index contributed by atoms with van der Waals surface area (Å²) < 4.78 is 14.6. The minimum absolute atomic E-state index is 0.190. The van der Waals surface area contributed by atoms with Crippen LogP contribution in [0.15, 0.2) is 47.1 Å². The molecule has 1 aromatic heterocycles. The molecule has 2 heterocycles. The minimum atomic E-state index is -0.693. The molecule has 0 saturated heterocycles. The average molecular weight is 322 g/mol. The van der Waals surface area contributed by atoms with E-state index < -0.39 is 11.9 Å². The summed E-state index contributed by atoms with van der Waals surface area (Å²) in [5.74, 6) is -0.728. The van der Waals surface area contributed by atoms with Crippen molar-refractivity contribution in [2.45, 2.75) is 0 Å². The van der Waals surface area contributed by atoms with E-state index in [0.29, 0.717) is 27.9 Å². The zero-order chi connectivity index (χ0) is 16.7. The van der Waals surface area contributed by atoms with Crippen molar-refractivity contribution >= 4 is 34.1 Å². The van der Waals surface area contributed by atoms with Crippen LogP contribution in [0.2, 0.25) is 0 Å². The fourth-order valence-corrected chi connectivity index (χ4v) is 2.61. The molecular weight excluding hydrogens is 312 g/mol. The monoisotopic (exact) mass is 322 g/mol. The van der Waals surface area contributed by atoms with E-state index in [1.165, 1.54) is 0 Å². The normalized spacial score (nSPS) is 14.4. The molecule has 0 aliphatic carbocycles. The quantitative estimate of drug-likeness (QED) is 0.539. The second kappa shape index (κ2) is 5.31. The zero-order valence-electron chi connectivity index (χ0n) is 12.5. The molecule has 0 fully saturated rings. The largest absolute Gasteiger partial charge is 0.497 e. The van der Waals surface area contributed by atoms with Gasteiger partial charge in [-0.2, -0.15) is 0 Å². The number of cyclic esters (lactones) is 2. The highest BCUT2D eigenvalue weighted by Crippen LogP contribution is 2.35. The molecule has 4 rings (SSSR count). The van der Waals surface area contributed by atoms with E-state index in [1.807, 2.05) is 0 Å². The Morgan fingerprint density at radius 1 is 0.833 bits per heavy atom. The summed E-state index contributed by atoms with van der Waals surface area (Å²) >= 11 is 0. The predicted octanol–water partition coefficient (Wildman–Crippen LogP) is 2.23. The zero-order valence-corrected chi connectivity index (χ0v) is 12.5. The second-order valence-corrected chi connectivity index (χ2v) is 5.12. The minimum Gasteiger partial charge on any atom is -0.497 e. The first-order valence-corrected chi connectivity index (χ1v) is 7.05. The molecule has 0 amide bonds. The third-order valence-electron chi connectivity index (χ3n) is 3.76. The van der Waals surface area contributed by atoms with Gasteiger partial charge >= 0.3 is 11.9 Å². The van der Waals surface area contributed by atoms with E-state index in [1.54, 1.807) is 49.6 Å². The van der Waals surface area contributed by atoms with Gasteiger partial charge in [-0.25, -0.2) is 14.2 Å². The lowest BCUT2D eigenvalue weighted by molar-refractivity contribution is -0.149. The molecule has 118 valence electrons. The summed E-state index contributed by atoms with van der Waals surface area (Å²) in [6, 6.07) is 11.8. The molecule has 0 bridgehead atoms. The van der Waals surface area contributed by atoms with Gasteiger partial charge in [-0.1, -0.05) is 18.2 Å². The van der Waals surface area contributed by atoms with E-state index in [2.05, 4.69) is 14.9 Å². The van der Waals surface area contributed by atoms with Gasteiger partial charge in [0.2, 0.25) is 0 Å². The molecule has 0 radical (unpaired) electrons. The maximum atomic E-state index is 12.2. The molecule has 0 N–H and O–H groups in total. The summed E-state index contributed by atoms with van der Waals surface area (Å²) in [5, 5.41) is 7.47. The smallest absolute Gasteiger partial charge is 0.347 e. The summed E-state index contributed by atoms with van der Waals surface area (Å²) in [6.45, 7) is 0. The van der Waals surface area contributed by atoms with E-state index in [0.717, 1.165) is 0 Å². The summed E-state index contributed by atoms with van der Waals surface area (Å²) in [5.41, 5.74) is 2.53. The molecule has 0 spiro atoms. The van der Waals surface area contributed by atoms with Gasteiger partial charge in [0.1, 0.15) is 16.8 Å². The fourth-order valence-electron chi connectivity index (χ4n) is 2.61. The average Bonchev–Trinajstić information content (AvgIpc) is 3.17. The molecule has 24 heavy (non-hydrogen) atoms. The first-order valence-electron chi connectivity index (χ1n) is 7.05. The first-order chi connectivity index (χ1) is 11.7. The van der Waals surface area contributed by atoms with Gasteiger partial charge in [0.15, 0.2) is 0 Å². The number of aromatic nitrogens is 2. The van der Waals surface area contributed by atoms with Gasteiger partial charge < -0.3 is 9.47 Å². The Morgan fingerprint density at radius 2 is 1.46 bits per heavy atom. The number of carbonyl (C=O) groups is 2. The van der Waals surface area contributed by atoms with Gasteiger partial charge in [-0.15, -0.1) is 0 Å². The van der Waals surface area contributed by atoms with Crippen molar-refractivity contribution in [3.63, 3.8) is 0 Å². The number of fused-ring (bicyclic) bond motifs is 1. The van der Waals surface area contributed by atoms with Crippen LogP contribution in [0, 0.1) is 0 Å². The predicted molar refractivity (Wildman–Crippen MR) is 82.7 cm³/mol. The van der Waals surface area contributed by atoms with Gasteiger partial charge in [-0.3, -0.25) is 0 Å². The Bertz CT molecular complexity index is 1000. The number of hydrogen-bond donors (Lipinski definition) is 0. The Balaban J connectivity index is 1.90. The molecule has 2 aromatic carbocycles. The third-order valence-corrected chi connectivity index (χ3v) is 3.76. The van der Waals surface area contributed by atoms with Crippen molar-refractivity contribution in [1.82, 2.24) is 10.3 Å². The van der Waals surface area contributed by atoms with Crippen LogP contribution in [-0.4, -0.2) is 29.4 Å². The van der Waals surface area contributed by atoms with Crippen molar-refractivity contribution in [2.75, 3.05) is 7.11 Å². The highest BCUT2D eigenvalue weighted by Gasteiger charge is 2.35. The van der Waals surface area contributed by atoms with Gasteiger partial charge in [0.05, 0.1) is 18.3 Å². The lowest BCUT2D eigenvalue weighted by Crippen LogP contribution is -2.02. The lowest BCUT2D eigenvalue weighted by Gasteiger charge is -2.04. The van der Waals surface area contributed by atoms with Crippen LogP contribution in [-0.2, 0) is 14.3 Å². The third kappa shape index (κ3) is 2.14. The molecule has 3 aromatic rings. The number of ether oxygens (including phenoxy) is 2. The van der Waals surface area contributed by atoms with E-state index in [-0.39, 0.29) is 11.1 Å². The molecule has 1 aliphatic rings.